The quantitative estimate of drug-likeness (QED) is 0.880. The van der Waals surface area contributed by atoms with Gasteiger partial charge in [-0.2, -0.15) is 5.10 Å². The molecule has 1 unspecified atom stereocenters. The molecule has 0 spiro atoms. The van der Waals surface area contributed by atoms with Crippen LogP contribution < -0.4 is 5.32 Å². The largest absolute Gasteiger partial charge is 0.394 e. The zero-order valence-electron chi connectivity index (χ0n) is 12.2. The Morgan fingerprint density at radius 1 is 1.36 bits per heavy atom. The minimum absolute atomic E-state index is 0.0278. The third-order valence-electron chi connectivity index (χ3n) is 3.91. The summed E-state index contributed by atoms with van der Waals surface area (Å²) in [6, 6.07) is 7.60. The van der Waals surface area contributed by atoms with Crippen molar-refractivity contribution >= 4 is 6.03 Å². The fourth-order valence-corrected chi connectivity index (χ4v) is 2.68. The van der Waals surface area contributed by atoms with Crippen LogP contribution in [0.25, 0.3) is 5.69 Å². The van der Waals surface area contributed by atoms with E-state index in [1.54, 1.807) is 15.9 Å². The molecule has 7 heteroatoms. The Hall–Kier alpha value is -2.41. The van der Waals surface area contributed by atoms with Crippen LogP contribution in [0.1, 0.15) is 18.4 Å². The first kappa shape index (κ1) is 14.5. The van der Waals surface area contributed by atoms with E-state index in [9.17, 15) is 9.90 Å². The van der Waals surface area contributed by atoms with E-state index in [-0.39, 0.29) is 18.7 Å². The van der Waals surface area contributed by atoms with E-state index in [0.717, 1.165) is 24.1 Å². The third kappa shape index (κ3) is 3.09. The molecule has 1 fully saturated rings. The molecule has 0 bridgehead atoms. The second-order valence-electron chi connectivity index (χ2n) is 5.34. The molecule has 2 N–H and O–H groups in total. The van der Waals surface area contributed by atoms with Gasteiger partial charge in [-0.05, 0) is 30.5 Å². The molecule has 1 aliphatic heterocycles. The first-order chi connectivity index (χ1) is 10.8. The average molecular weight is 301 g/mol. The SMILES string of the molecule is O=C(NCc1ccc(-n2cncn2)cc1)N1CCCC1CO. The number of nitrogens with zero attached hydrogens (tertiary/aromatic N) is 4. The summed E-state index contributed by atoms with van der Waals surface area (Å²) < 4.78 is 1.68. The molecule has 0 radical (unpaired) electrons. The van der Waals surface area contributed by atoms with Gasteiger partial charge in [-0.25, -0.2) is 14.5 Å². The van der Waals surface area contributed by atoms with E-state index < -0.39 is 0 Å². The summed E-state index contributed by atoms with van der Waals surface area (Å²) in [4.78, 5) is 17.7. The van der Waals surface area contributed by atoms with E-state index in [2.05, 4.69) is 15.4 Å². The molecule has 1 saturated heterocycles. The number of hydrogen-bond acceptors (Lipinski definition) is 4. The first-order valence-electron chi connectivity index (χ1n) is 7.37. The fourth-order valence-electron chi connectivity index (χ4n) is 2.68. The van der Waals surface area contributed by atoms with Gasteiger partial charge < -0.3 is 15.3 Å². The van der Waals surface area contributed by atoms with Crippen LogP contribution in [-0.2, 0) is 6.54 Å². The molecule has 2 amide bonds. The lowest BCUT2D eigenvalue weighted by Crippen LogP contribution is -2.43. The number of hydrogen-bond donors (Lipinski definition) is 2. The lowest BCUT2D eigenvalue weighted by Gasteiger charge is -2.23. The molecule has 2 heterocycles. The van der Waals surface area contributed by atoms with Crippen molar-refractivity contribution in [2.24, 2.45) is 0 Å². The van der Waals surface area contributed by atoms with E-state index in [1.807, 2.05) is 24.3 Å². The van der Waals surface area contributed by atoms with Crippen LogP contribution in [0.15, 0.2) is 36.9 Å². The highest BCUT2D eigenvalue weighted by molar-refractivity contribution is 5.74. The van der Waals surface area contributed by atoms with Crippen molar-refractivity contribution in [3.8, 4) is 5.69 Å². The number of urea groups is 1. The number of rotatable bonds is 4. The highest BCUT2D eigenvalue weighted by atomic mass is 16.3. The van der Waals surface area contributed by atoms with E-state index in [4.69, 9.17) is 0 Å². The molecular weight excluding hydrogens is 282 g/mol. The van der Waals surface area contributed by atoms with E-state index >= 15 is 0 Å². The Bertz CT molecular complexity index is 611. The van der Waals surface area contributed by atoms with Gasteiger partial charge in [0, 0.05) is 13.1 Å². The molecule has 2 aromatic rings. The molecule has 0 aliphatic carbocycles. The zero-order valence-corrected chi connectivity index (χ0v) is 12.2. The Morgan fingerprint density at radius 3 is 2.86 bits per heavy atom. The summed E-state index contributed by atoms with van der Waals surface area (Å²) in [5.41, 5.74) is 1.93. The van der Waals surface area contributed by atoms with Crippen molar-refractivity contribution in [2.45, 2.75) is 25.4 Å². The fraction of sp³-hybridized carbons (Fsp3) is 0.400. The van der Waals surface area contributed by atoms with Gasteiger partial charge in [-0.1, -0.05) is 12.1 Å². The van der Waals surface area contributed by atoms with Crippen molar-refractivity contribution in [3.05, 3.63) is 42.5 Å². The number of aliphatic hydroxyl groups excluding tert-OH is 1. The predicted octanol–water partition coefficient (Wildman–Crippen LogP) is 0.934. The summed E-state index contributed by atoms with van der Waals surface area (Å²) >= 11 is 0. The van der Waals surface area contributed by atoms with Crippen LogP contribution in [0, 0.1) is 0 Å². The highest BCUT2D eigenvalue weighted by Crippen LogP contribution is 2.16. The third-order valence-corrected chi connectivity index (χ3v) is 3.91. The van der Waals surface area contributed by atoms with Crippen molar-refractivity contribution in [2.75, 3.05) is 13.2 Å². The number of aromatic nitrogens is 3. The standard InChI is InChI=1S/C15H19N5O2/c21-9-14-2-1-7-19(14)15(22)17-8-12-3-5-13(6-4-12)20-11-16-10-18-20/h3-6,10-11,14,21H,1-2,7-9H2,(H,17,22). The van der Waals surface area contributed by atoms with Crippen molar-refractivity contribution in [1.82, 2.24) is 25.0 Å². The zero-order chi connectivity index (χ0) is 15.4. The molecule has 116 valence electrons. The summed E-state index contributed by atoms with van der Waals surface area (Å²) in [5, 5.41) is 16.2. The van der Waals surface area contributed by atoms with Gasteiger partial charge in [-0.3, -0.25) is 0 Å². The van der Waals surface area contributed by atoms with Gasteiger partial charge in [0.25, 0.3) is 0 Å². The molecule has 7 nitrogen and oxygen atoms in total. The highest BCUT2D eigenvalue weighted by Gasteiger charge is 2.27. The molecule has 0 saturated carbocycles. The summed E-state index contributed by atoms with van der Waals surface area (Å²) in [5.74, 6) is 0. The number of carbonyl (C=O) groups excluding carboxylic acids is 1. The van der Waals surface area contributed by atoms with E-state index in [1.165, 1.54) is 6.33 Å². The number of likely N-dealkylation sites (tertiary alicyclic amines) is 1. The topological polar surface area (TPSA) is 83.3 Å². The maximum Gasteiger partial charge on any atom is 0.317 e. The lowest BCUT2D eigenvalue weighted by molar-refractivity contribution is 0.157. The minimum Gasteiger partial charge on any atom is -0.394 e. The normalized spacial score (nSPS) is 17.7. The number of amides is 2. The second kappa shape index (κ2) is 6.57. The monoisotopic (exact) mass is 301 g/mol. The number of aliphatic hydroxyl groups is 1. The number of benzene rings is 1. The van der Waals surface area contributed by atoms with Crippen LogP contribution in [0.5, 0.6) is 0 Å². The molecule has 1 aromatic heterocycles. The maximum absolute atomic E-state index is 12.1. The molecular formula is C15H19N5O2. The molecule has 1 atom stereocenters. The Labute approximate surface area is 128 Å². The van der Waals surface area contributed by atoms with Crippen LogP contribution in [0.3, 0.4) is 0 Å². The van der Waals surface area contributed by atoms with Crippen molar-refractivity contribution in [1.29, 1.82) is 0 Å². The van der Waals surface area contributed by atoms with Crippen LogP contribution >= 0.6 is 0 Å². The molecule has 22 heavy (non-hydrogen) atoms. The predicted molar refractivity (Wildman–Crippen MR) is 80.4 cm³/mol. The Kier molecular flexibility index (Phi) is 4.34. The van der Waals surface area contributed by atoms with Gasteiger partial charge in [0.2, 0.25) is 0 Å². The average Bonchev–Trinajstić information content (AvgIpc) is 3.24. The van der Waals surface area contributed by atoms with Crippen LogP contribution in [-0.4, -0.2) is 50.0 Å². The van der Waals surface area contributed by atoms with Gasteiger partial charge >= 0.3 is 6.03 Å². The second-order valence-corrected chi connectivity index (χ2v) is 5.34. The van der Waals surface area contributed by atoms with Crippen molar-refractivity contribution < 1.29 is 9.90 Å². The Balaban J connectivity index is 1.56. The molecule has 1 aromatic carbocycles. The minimum atomic E-state index is -0.114. The Morgan fingerprint density at radius 2 is 2.18 bits per heavy atom. The van der Waals surface area contributed by atoms with Crippen molar-refractivity contribution in [3.63, 3.8) is 0 Å². The van der Waals surface area contributed by atoms with Gasteiger partial charge in [0.15, 0.2) is 0 Å². The van der Waals surface area contributed by atoms with E-state index in [0.29, 0.717) is 13.1 Å². The smallest absolute Gasteiger partial charge is 0.317 e. The first-order valence-corrected chi connectivity index (χ1v) is 7.37. The maximum atomic E-state index is 12.1. The van der Waals surface area contributed by atoms with Gasteiger partial charge in [0.05, 0.1) is 18.3 Å². The summed E-state index contributed by atoms with van der Waals surface area (Å²) in [6.45, 7) is 1.20. The summed E-state index contributed by atoms with van der Waals surface area (Å²) in [7, 11) is 0. The van der Waals surface area contributed by atoms with Crippen LogP contribution in [0.4, 0.5) is 4.79 Å². The summed E-state index contributed by atoms with van der Waals surface area (Å²) in [6.07, 6.45) is 4.95. The van der Waals surface area contributed by atoms with Gasteiger partial charge in [0.1, 0.15) is 12.7 Å². The number of nitrogens with one attached hydrogen (secondary N) is 1. The lowest BCUT2D eigenvalue weighted by atomic mass is 10.2. The molecule has 3 rings (SSSR count). The number of carbonyl (C=O) groups is 1. The molecule has 1 aliphatic rings. The van der Waals surface area contributed by atoms with Crippen LogP contribution in [0.2, 0.25) is 0 Å². The van der Waals surface area contributed by atoms with Gasteiger partial charge in [-0.15, -0.1) is 0 Å².